The van der Waals surface area contributed by atoms with E-state index in [1.807, 2.05) is 0 Å². The smallest absolute Gasteiger partial charge is 0.0873 e. The van der Waals surface area contributed by atoms with E-state index in [-0.39, 0.29) is 0 Å². The molecule has 0 spiro atoms. The van der Waals surface area contributed by atoms with Crippen LogP contribution >= 0.6 is 0 Å². The highest BCUT2D eigenvalue weighted by molar-refractivity contribution is 5.59. The molecule has 0 unspecified atom stereocenters. The van der Waals surface area contributed by atoms with Crippen LogP contribution in [0, 0.1) is 0 Å². The average molecular weight is 385 g/mol. The van der Waals surface area contributed by atoms with Gasteiger partial charge in [-0.3, -0.25) is 15.2 Å². The zero-order chi connectivity index (χ0) is 20.4. The Morgan fingerprint density at radius 3 is 2.43 bits per heavy atom. The maximum Gasteiger partial charge on any atom is 0.0873 e. The monoisotopic (exact) mass is 384 g/mol. The van der Waals surface area contributed by atoms with Crippen molar-refractivity contribution in [1.29, 1.82) is 0 Å². The normalized spacial score (nSPS) is 16.6. The minimum absolute atomic E-state index is 0.533. The SMILES string of the molecule is CCCCC1=C(NOCCN(C(C)C)C(C)C)C(=Cc2ccccc2)CCC1. The maximum absolute atomic E-state index is 5.99. The summed E-state index contributed by atoms with van der Waals surface area (Å²) in [7, 11) is 0. The highest BCUT2D eigenvalue weighted by Crippen LogP contribution is 2.32. The Morgan fingerprint density at radius 1 is 1.07 bits per heavy atom. The molecule has 3 nitrogen and oxygen atoms in total. The van der Waals surface area contributed by atoms with Gasteiger partial charge in [0.1, 0.15) is 0 Å². The largest absolute Gasteiger partial charge is 0.296 e. The Balaban J connectivity index is 2.09. The lowest BCUT2D eigenvalue weighted by Crippen LogP contribution is -2.40. The lowest BCUT2D eigenvalue weighted by Gasteiger charge is -2.30. The molecule has 0 amide bonds. The fourth-order valence-electron chi connectivity index (χ4n) is 4.03. The fourth-order valence-corrected chi connectivity index (χ4v) is 4.03. The van der Waals surface area contributed by atoms with Gasteiger partial charge in [-0.15, -0.1) is 0 Å². The molecule has 0 aromatic heterocycles. The molecule has 0 saturated heterocycles. The van der Waals surface area contributed by atoms with E-state index in [2.05, 4.69) is 81.4 Å². The van der Waals surface area contributed by atoms with Gasteiger partial charge >= 0.3 is 0 Å². The lowest BCUT2D eigenvalue weighted by atomic mass is 9.88. The van der Waals surface area contributed by atoms with Crippen LogP contribution in [0.15, 0.2) is 47.2 Å². The number of nitrogens with one attached hydrogen (secondary N) is 1. The van der Waals surface area contributed by atoms with E-state index >= 15 is 0 Å². The van der Waals surface area contributed by atoms with Crippen molar-refractivity contribution in [2.75, 3.05) is 13.2 Å². The first-order chi connectivity index (χ1) is 13.5. The number of nitrogens with zero attached hydrogens (tertiary/aromatic N) is 1. The van der Waals surface area contributed by atoms with Gasteiger partial charge in [-0.05, 0) is 82.6 Å². The third-order valence-electron chi connectivity index (χ3n) is 5.52. The minimum Gasteiger partial charge on any atom is -0.296 e. The zero-order valence-electron chi connectivity index (χ0n) is 18.6. The molecule has 1 aromatic rings. The Labute approximate surface area is 172 Å². The molecule has 3 heteroatoms. The number of hydrogen-bond acceptors (Lipinski definition) is 3. The minimum atomic E-state index is 0.533. The van der Waals surface area contributed by atoms with Gasteiger partial charge < -0.3 is 0 Å². The topological polar surface area (TPSA) is 24.5 Å². The molecule has 1 aromatic carbocycles. The quantitative estimate of drug-likeness (QED) is 0.356. The van der Waals surface area contributed by atoms with Gasteiger partial charge in [0, 0.05) is 18.6 Å². The van der Waals surface area contributed by atoms with Crippen molar-refractivity contribution in [2.45, 2.75) is 85.2 Å². The van der Waals surface area contributed by atoms with E-state index in [0.29, 0.717) is 18.7 Å². The second kappa shape index (κ2) is 12.1. The van der Waals surface area contributed by atoms with Crippen LogP contribution in [0.1, 0.15) is 78.7 Å². The summed E-state index contributed by atoms with van der Waals surface area (Å²) in [6, 6.07) is 11.7. The molecule has 0 aliphatic heterocycles. The Morgan fingerprint density at radius 2 is 1.79 bits per heavy atom. The number of benzene rings is 1. The summed E-state index contributed by atoms with van der Waals surface area (Å²) in [6.45, 7) is 12.9. The lowest BCUT2D eigenvalue weighted by molar-refractivity contribution is 0.0310. The second-order valence-corrected chi connectivity index (χ2v) is 8.39. The maximum atomic E-state index is 5.99. The number of allylic oxidation sites excluding steroid dienone is 2. The zero-order valence-corrected chi connectivity index (χ0v) is 18.6. The molecule has 28 heavy (non-hydrogen) atoms. The summed E-state index contributed by atoms with van der Waals surface area (Å²) in [6.07, 6.45) is 9.49. The van der Waals surface area contributed by atoms with Crippen molar-refractivity contribution >= 4 is 6.08 Å². The number of hydroxylamine groups is 1. The molecular formula is C25H40N2O. The summed E-state index contributed by atoms with van der Waals surface area (Å²) in [5, 5.41) is 0. The molecular weight excluding hydrogens is 344 g/mol. The van der Waals surface area contributed by atoms with E-state index in [1.54, 1.807) is 0 Å². The summed E-state index contributed by atoms with van der Waals surface area (Å²) in [5.41, 5.74) is 8.78. The highest BCUT2D eigenvalue weighted by Gasteiger charge is 2.18. The predicted octanol–water partition coefficient (Wildman–Crippen LogP) is 6.34. The van der Waals surface area contributed by atoms with Crippen molar-refractivity contribution in [3.63, 3.8) is 0 Å². The van der Waals surface area contributed by atoms with Crippen LogP contribution in [0.25, 0.3) is 6.08 Å². The van der Waals surface area contributed by atoms with Crippen molar-refractivity contribution in [1.82, 2.24) is 10.4 Å². The first-order valence-corrected chi connectivity index (χ1v) is 11.1. The van der Waals surface area contributed by atoms with Crippen LogP contribution in [0.2, 0.25) is 0 Å². The molecule has 156 valence electrons. The van der Waals surface area contributed by atoms with Gasteiger partial charge in [-0.25, -0.2) is 0 Å². The molecule has 0 heterocycles. The second-order valence-electron chi connectivity index (χ2n) is 8.39. The molecule has 1 aliphatic carbocycles. The van der Waals surface area contributed by atoms with Crippen molar-refractivity contribution < 1.29 is 4.84 Å². The van der Waals surface area contributed by atoms with Gasteiger partial charge in [0.15, 0.2) is 0 Å². The molecule has 2 rings (SSSR count). The van der Waals surface area contributed by atoms with Crippen LogP contribution in [0.3, 0.4) is 0 Å². The van der Waals surface area contributed by atoms with Crippen LogP contribution in [-0.4, -0.2) is 30.1 Å². The molecule has 0 atom stereocenters. The summed E-state index contributed by atoms with van der Waals surface area (Å²) in [5.74, 6) is 0. The fraction of sp³-hybridized carbons (Fsp3) is 0.600. The first kappa shape index (κ1) is 22.7. The van der Waals surface area contributed by atoms with Crippen LogP contribution in [0.4, 0.5) is 0 Å². The Hall–Kier alpha value is -1.58. The van der Waals surface area contributed by atoms with Gasteiger partial charge in [0.2, 0.25) is 0 Å². The number of rotatable bonds is 11. The standard InChI is InChI=1S/C25H40N2O/c1-6-7-14-23-15-11-16-24(19-22-12-9-8-10-13-22)25(23)26-28-18-17-27(20(2)3)21(4)5/h8-10,12-13,19-21,26H,6-7,11,14-18H2,1-5H3. The van der Waals surface area contributed by atoms with Gasteiger partial charge in [-0.1, -0.05) is 43.7 Å². The van der Waals surface area contributed by atoms with Crippen molar-refractivity contribution in [2.24, 2.45) is 0 Å². The third-order valence-corrected chi connectivity index (χ3v) is 5.52. The Kier molecular flexibility index (Phi) is 9.80. The van der Waals surface area contributed by atoms with Gasteiger partial charge in [0.25, 0.3) is 0 Å². The predicted molar refractivity (Wildman–Crippen MR) is 121 cm³/mol. The number of hydrogen-bond donors (Lipinski definition) is 1. The highest BCUT2D eigenvalue weighted by atomic mass is 16.6. The van der Waals surface area contributed by atoms with Crippen LogP contribution < -0.4 is 5.48 Å². The Bertz CT molecular complexity index is 623. The summed E-state index contributed by atoms with van der Waals surface area (Å²) < 4.78 is 0. The molecule has 1 aliphatic rings. The van der Waals surface area contributed by atoms with E-state index in [1.165, 1.54) is 54.5 Å². The van der Waals surface area contributed by atoms with E-state index < -0.39 is 0 Å². The molecule has 0 fully saturated rings. The van der Waals surface area contributed by atoms with Crippen LogP contribution in [0.5, 0.6) is 0 Å². The van der Waals surface area contributed by atoms with Crippen molar-refractivity contribution in [3.05, 3.63) is 52.7 Å². The molecule has 0 saturated carbocycles. The molecule has 1 N–H and O–H groups in total. The summed E-state index contributed by atoms with van der Waals surface area (Å²) >= 11 is 0. The van der Waals surface area contributed by atoms with Gasteiger partial charge in [0.05, 0.1) is 12.3 Å². The van der Waals surface area contributed by atoms with E-state index in [9.17, 15) is 0 Å². The van der Waals surface area contributed by atoms with E-state index in [0.717, 1.165) is 13.0 Å². The van der Waals surface area contributed by atoms with Gasteiger partial charge in [-0.2, -0.15) is 0 Å². The average Bonchev–Trinajstić information content (AvgIpc) is 2.67. The molecule has 0 radical (unpaired) electrons. The number of unbranched alkanes of at least 4 members (excludes halogenated alkanes) is 1. The van der Waals surface area contributed by atoms with Crippen molar-refractivity contribution in [3.8, 4) is 0 Å². The molecule has 0 bridgehead atoms. The summed E-state index contributed by atoms with van der Waals surface area (Å²) in [4.78, 5) is 8.46. The first-order valence-electron chi connectivity index (χ1n) is 11.1. The van der Waals surface area contributed by atoms with Crippen LogP contribution in [-0.2, 0) is 4.84 Å². The third kappa shape index (κ3) is 7.10. The van der Waals surface area contributed by atoms with E-state index in [4.69, 9.17) is 4.84 Å².